The molecule has 2 heterocycles. The lowest BCUT2D eigenvalue weighted by molar-refractivity contribution is -0.141. The number of amides is 2. The molecule has 2 amide bonds. The Bertz CT molecular complexity index is 1230. The van der Waals surface area contributed by atoms with Crippen molar-refractivity contribution in [2.45, 2.75) is 84.7 Å². The van der Waals surface area contributed by atoms with Crippen LogP contribution >= 0.6 is 0 Å². The summed E-state index contributed by atoms with van der Waals surface area (Å²) in [6.45, 7) is 14.9. The smallest absolute Gasteiger partial charge is 0.416 e. The summed E-state index contributed by atoms with van der Waals surface area (Å²) in [5.74, 6) is 0.329. The molecular formula is C34H46F3N3O3. The van der Waals surface area contributed by atoms with E-state index in [0.29, 0.717) is 39.1 Å². The minimum atomic E-state index is -4.39. The van der Waals surface area contributed by atoms with Gasteiger partial charge in [-0.25, -0.2) is 4.79 Å². The minimum Gasteiger partial charge on any atom is -0.444 e. The Morgan fingerprint density at radius 2 is 1.42 bits per heavy atom. The number of halogens is 3. The maximum absolute atomic E-state index is 13.8. The molecule has 2 aliphatic heterocycles. The van der Waals surface area contributed by atoms with Crippen molar-refractivity contribution in [1.82, 2.24) is 14.7 Å². The number of rotatable bonds is 5. The van der Waals surface area contributed by atoms with Gasteiger partial charge in [-0.15, -0.1) is 0 Å². The monoisotopic (exact) mass is 601 g/mol. The van der Waals surface area contributed by atoms with Crippen LogP contribution in [-0.2, 0) is 15.7 Å². The number of piperazine rings is 1. The number of carbonyl (C=O) groups excluding carboxylic acids is 2. The van der Waals surface area contributed by atoms with Crippen molar-refractivity contribution in [2.75, 3.05) is 32.7 Å². The van der Waals surface area contributed by atoms with E-state index >= 15 is 0 Å². The van der Waals surface area contributed by atoms with Crippen LogP contribution in [0.25, 0.3) is 0 Å². The molecule has 0 N–H and O–H groups in total. The molecule has 2 fully saturated rings. The van der Waals surface area contributed by atoms with E-state index in [1.54, 1.807) is 17.0 Å². The number of nitrogens with zero attached hydrogens (tertiary/aromatic N) is 3. The number of alkyl halides is 3. The molecule has 0 spiro atoms. The summed E-state index contributed by atoms with van der Waals surface area (Å²) in [6.07, 6.45) is -2.74. The number of carbonyl (C=O) groups is 2. The fourth-order valence-corrected chi connectivity index (χ4v) is 6.19. The second-order valence-corrected chi connectivity index (χ2v) is 14.0. The van der Waals surface area contributed by atoms with Crippen LogP contribution in [0, 0.1) is 11.3 Å². The Morgan fingerprint density at radius 1 is 0.837 bits per heavy atom. The highest BCUT2D eigenvalue weighted by molar-refractivity contribution is 5.77. The highest BCUT2D eigenvalue weighted by Crippen LogP contribution is 2.37. The summed E-state index contributed by atoms with van der Waals surface area (Å²) < 4.78 is 45.4. The van der Waals surface area contributed by atoms with Gasteiger partial charge in [-0.1, -0.05) is 63.2 Å². The van der Waals surface area contributed by atoms with E-state index in [9.17, 15) is 22.8 Å². The van der Waals surface area contributed by atoms with Crippen LogP contribution in [0.2, 0.25) is 0 Å². The van der Waals surface area contributed by atoms with Crippen LogP contribution in [0.4, 0.5) is 18.0 Å². The molecule has 0 bridgehead atoms. The third-order valence-corrected chi connectivity index (χ3v) is 8.50. The van der Waals surface area contributed by atoms with Crippen molar-refractivity contribution in [1.29, 1.82) is 0 Å². The van der Waals surface area contributed by atoms with Gasteiger partial charge in [0.1, 0.15) is 5.60 Å². The highest BCUT2D eigenvalue weighted by atomic mass is 19.4. The number of ether oxygens (including phenoxy) is 1. The molecule has 0 saturated carbocycles. The van der Waals surface area contributed by atoms with Crippen molar-refractivity contribution in [3.8, 4) is 0 Å². The molecule has 2 saturated heterocycles. The number of benzene rings is 2. The zero-order valence-corrected chi connectivity index (χ0v) is 26.3. The molecule has 6 nitrogen and oxygen atoms in total. The molecule has 43 heavy (non-hydrogen) atoms. The predicted octanol–water partition coefficient (Wildman–Crippen LogP) is 7.39. The van der Waals surface area contributed by atoms with Crippen LogP contribution in [0.3, 0.4) is 0 Å². The predicted molar refractivity (Wildman–Crippen MR) is 161 cm³/mol. The van der Waals surface area contributed by atoms with Gasteiger partial charge in [-0.05, 0) is 68.2 Å². The lowest BCUT2D eigenvalue weighted by Gasteiger charge is -2.50. The van der Waals surface area contributed by atoms with Gasteiger partial charge in [0.2, 0.25) is 5.91 Å². The molecule has 0 aliphatic carbocycles. The van der Waals surface area contributed by atoms with Crippen molar-refractivity contribution in [3.63, 3.8) is 0 Å². The molecule has 9 heteroatoms. The van der Waals surface area contributed by atoms with Gasteiger partial charge in [0, 0.05) is 45.2 Å². The standard InChI is InChI=1S/C34H46F3N3O3/c1-32(2,3)28-23-39(30(25-10-8-7-9-11-25)26-12-14-27(15-13-26)34(35,36)37)20-21-40(28)29(41)22-24-16-18-38(19-17-24)31(42)43-33(4,5)6/h7-15,24,28,30H,16-23H2,1-6H3. The number of likely N-dealkylation sites (tertiary alicyclic amines) is 1. The van der Waals surface area contributed by atoms with E-state index in [-0.39, 0.29) is 35.4 Å². The average Bonchev–Trinajstić information content (AvgIpc) is 2.92. The van der Waals surface area contributed by atoms with E-state index in [2.05, 4.69) is 25.7 Å². The van der Waals surface area contributed by atoms with Gasteiger partial charge in [0.25, 0.3) is 0 Å². The van der Waals surface area contributed by atoms with Gasteiger partial charge < -0.3 is 14.5 Å². The zero-order chi connectivity index (χ0) is 31.6. The number of hydrogen-bond donors (Lipinski definition) is 0. The van der Waals surface area contributed by atoms with E-state index < -0.39 is 17.3 Å². The normalized spacial score (nSPS) is 20.2. The Balaban J connectivity index is 1.47. The summed E-state index contributed by atoms with van der Waals surface area (Å²) in [5, 5.41) is 0. The molecule has 4 rings (SSSR count). The van der Waals surface area contributed by atoms with Gasteiger partial charge in [0.05, 0.1) is 11.6 Å². The van der Waals surface area contributed by atoms with E-state index in [0.717, 1.165) is 36.1 Å². The molecule has 2 atom stereocenters. The fourth-order valence-electron chi connectivity index (χ4n) is 6.19. The summed E-state index contributed by atoms with van der Waals surface area (Å²) in [4.78, 5) is 32.3. The molecule has 0 aromatic heterocycles. The second-order valence-electron chi connectivity index (χ2n) is 14.0. The Morgan fingerprint density at radius 3 is 1.95 bits per heavy atom. The molecule has 2 aromatic rings. The van der Waals surface area contributed by atoms with Crippen molar-refractivity contribution < 1.29 is 27.5 Å². The SMILES string of the molecule is CC(C)(C)OC(=O)N1CCC(CC(=O)N2CCN(C(c3ccccc3)c3ccc(C(F)(F)F)cc3)CC2C(C)(C)C)CC1. The molecule has 236 valence electrons. The Hall–Kier alpha value is -3.07. The first-order valence-electron chi connectivity index (χ1n) is 15.3. The second kappa shape index (κ2) is 12.9. The maximum Gasteiger partial charge on any atom is 0.416 e. The lowest BCUT2D eigenvalue weighted by Crippen LogP contribution is -2.60. The summed E-state index contributed by atoms with van der Waals surface area (Å²) >= 11 is 0. The van der Waals surface area contributed by atoms with Crippen LogP contribution < -0.4 is 0 Å². The summed E-state index contributed by atoms with van der Waals surface area (Å²) in [7, 11) is 0. The summed E-state index contributed by atoms with van der Waals surface area (Å²) in [5.41, 5.74) is 0.383. The minimum absolute atomic E-state index is 0.0729. The van der Waals surface area contributed by atoms with Crippen molar-refractivity contribution >= 4 is 12.0 Å². The van der Waals surface area contributed by atoms with E-state index in [1.165, 1.54) is 0 Å². The first kappa shape index (κ1) is 32.8. The quantitative estimate of drug-likeness (QED) is 0.359. The fraction of sp³-hybridized carbons (Fsp3) is 0.588. The van der Waals surface area contributed by atoms with E-state index in [1.807, 2.05) is 56.0 Å². The summed E-state index contributed by atoms with van der Waals surface area (Å²) in [6, 6.07) is 15.0. The van der Waals surface area contributed by atoms with Gasteiger partial charge in [0.15, 0.2) is 0 Å². The third-order valence-electron chi connectivity index (χ3n) is 8.50. The van der Waals surface area contributed by atoms with Gasteiger partial charge in [-0.2, -0.15) is 13.2 Å². The lowest BCUT2D eigenvalue weighted by atomic mass is 9.82. The highest BCUT2D eigenvalue weighted by Gasteiger charge is 2.41. The molecule has 2 aromatic carbocycles. The Labute approximate surface area is 254 Å². The van der Waals surface area contributed by atoms with Crippen LogP contribution in [0.1, 0.15) is 83.5 Å². The molecular weight excluding hydrogens is 555 g/mol. The third kappa shape index (κ3) is 8.52. The van der Waals surface area contributed by atoms with E-state index in [4.69, 9.17) is 4.74 Å². The largest absolute Gasteiger partial charge is 0.444 e. The van der Waals surface area contributed by atoms with Gasteiger partial charge in [-0.3, -0.25) is 9.69 Å². The zero-order valence-electron chi connectivity index (χ0n) is 26.3. The first-order valence-corrected chi connectivity index (χ1v) is 15.3. The van der Waals surface area contributed by atoms with Gasteiger partial charge >= 0.3 is 12.3 Å². The number of hydrogen-bond acceptors (Lipinski definition) is 4. The van der Waals surface area contributed by atoms with Crippen LogP contribution in [0.15, 0.2) is 54.6 Å². The number of piperidine rings is 1. The Kier molecular flexibility index (Phi) is 9.84. The van der Waals surface area contributed by atoms with Crippen LogP contribution in [-0.4, -0.2) is 71.1 Å². The van der Waals surface area contributed by atoms with Crippen molar-refractivity contribution in [2.24, 2.45) is 11.3 Å². The van der Waals surface area contributed by atoms with Crippen molar-refractivity contribution in [3.05, 3.63) is 71.3 Å². The van der Waals surface area contributed by atoms with Crippen LogP contribution in [0.5, 0.6) is 0 Å². The molecule has 2 unspecified atom stereocenters. The topological polar surface area (TPSA) is 53.1 Å². The maximum atomic E-state index is 13.8. The molecule has 2 aliphatic rings. The molecule has 0 radical (unpaired) electrons. The average molecular weight is 602 g/mol. The first-order chi connectivity index (χ1) is 20.0.